The molecule has 18 heavy (non-hydrogen) atoms. The molecular weight excluding hydrogens is 218 g/mol. The van der Waals surface area contributed by atoms with Crippen molar-refractivity contribution in [2.24, 2.45) is 0 Å². The Bertz CT molecular complexity index is 439. The Kier molecular flexibility index (Phi) is 4.61. The number of aryl methyl sites for hydroxylation is 3. The average molecular weight is 245 g/mol. The molecule has 0 aliphatic heterocycles. The van der Waals surface area contributed by atoms with E-state index in [9.17, 15) is 0 Å². The summed E-state index contributed by atoms with van der Waals surface area (Å²) < 4.78 is 0. The minimum atomic E-state index is 0.472. The second-order valence-electron chi connectivity index (χ2n) is 5.80. The first kappa shape index (κ1) is 14.8. The van der Waals surface area contributed by atoms with Gasteiger partial charge in [0.1, 0.15) is 0 Å². The molecule has 0 amide bonds. The maximum atomic E-state index is 2.46. The predicted molar refractivity (Wildman–Crippen MR) is 82.3 cm³/mol. The lowest BCUT2D eigenvalue weighted by Crippen LogP contribution is -2.30. The van der Waals surface area contributed by atoms with Gasteiger partial charge in [0.15, 0.2) is 0 Å². The summed E-state index contributed by atoms with van der Waals surface area (Å²) in [5.41, 5.74) is 8.17. The van der Waals surface area contributed by atoms with Crippen molar-refractivity contribution in [3.8, 4) is 0 Å². The third-order valence-electron chi connectivity index (χ3n) is 3.48. The zero-order chi connectivity index (χ0) is 14.0. The van der Waals surface area contributed by atoms with E-state index in [0.29, 0.717) is 6.04 Å². The highest BCUT2D eigenvalue weighted by Crippen LogP contribution is 2.31. The quantitative estimate of drug-likeness (QED) is 0.712. The Morgan fingerprint density at radius 3 is 1.72 bits per heavy atom. The number of nitrogens with zero attached hydrogens (tertiary/aromatic N) is 1. The maximum Gasteiger partial charge on any atom is 0.0470 e. The van der Waals surface area contributed by atoms with Crippen LogP contribution in [0.15, 0.2) is 23.4 Å². The van der Waals surface area contributed by atoms with Gasteiger partial charge in [0, 0.05) is 17.4 Å². The molecule has 0 fully saturated rings. The Balaban J connectivity index is 3.45. The molecule has 1 aromatic carbocycles. The van der Waals surface area contributed by atoms with Crippen LogP contribution in [0.5, 0.6) is 0 Å². The minimum Gasteiger partial charge on any atom is -0.343 e. The molecule has 0 bridgehead atoms. The molecule has 0 saturated carbocycles. The van der Waals surface area contributed by atoms with Gasteiger partial charge in [0.25, 0.3) is 0 Å². The molecule has 1 aromatic rings. The van der Waals surface area contributed by atoms with Crippen LogP contribution in [0.3, 0.4) is 0 Å². The fraction of sp³-hybridized carbons (Fsp3) is 0.529. The molecule has 0 radical (unpaired) electrons. The SMILES string of the molecule is CC(C)=C(C)N(c1c(C)cc(C)cc1C)C(C)C. The van der Waals surface area contributed by atoms with Gasteiger partial charge >= 0.3 is 0 Å². The van der Waals surface area contributed by atoms with Gasteiger partial charge < -0.3 is 4.90 Å². The largest absolute Gasteiger partial charge is 0.343 e. The summed E-state index contributed by atoms with van der Waals surface area (Å²) in [4.78, 5) is 2.46. The van der Waals surface area contributed by atoms with Crippen LogP contribution in [0.25, 0.3) is 0 Å². The van der Waals surface area contributed by atoms with E-state index in [2.05, 4.69) is 72.4 Å². The van der Waals surface area contributed by atoms with E-state index >= 15 is 0 Å². The predicted octanol–water partition coefficient (Wildman–Crippen LogP) is 5.14. The summed E-state index contributed by atoms with van der Waals surface area (Å²) >= 11 is 0. The standard InChI is InChI=1S/C17H27N/c1-11(2)16(8)18(12(3)4)17-14(6)9-13(5)10-15(17)7/h9-10,12H,1-8H3. The molecular formula is C17H27N. The van der Waals surface area contributed by atoms with Gasteiger partial charge in [-0.15, -0.1) is 0 Å². The molecule has 0 aromatic heterocycles. The number of allylic oxidation sites excluding steroid dienone is 2. The van der Waals surface area contributed by atoms with Crippen molar-refractivity contribution in [1.82, 2.24) is 0 Å². The lowest BCUT2D eigenvalue weighted by atomic mass is 10.0. The highest BCUT2D eigenvalue weighted by atomic mass is 15.2. The second kappa shape index (κ2) is 5.60. The van der Waals surface area contributed by atoms with Crippen molar-refractivity contribution in [2.75, 3.05) is 4.90 Å². The number of hydrogen-bond donors (Lipinski definition) is 0. The summed E-state index contributed by atoms with van der Waals surface area (Å²) in [6.07, 6.45) is 0. The highest BCUT2D eigenvalue weighted by molar-refractivity contribution is 5.64. The summed E-state index contributed by atoms with van der Waals surface area (Å²) in [5.74, 6) is 0. The molecule has 0 heterocycles. The first-order chi connectivity index (χ1) is 8.25. The van der Waals surface area contributed by atoms with Crippen LogP contribution in [-0.2, 0) is 0 Å². The smallest absolute Gasteiger partial charge is 0.0470 e. The van der Waals surface area contributed by atoms with Crippen molar-refractivity contribution in [1.29, 1.82) is 0 Å². The number of benzene rings is 1. The zero-order valence-electron chi connectivity index (χ0n) is 13.2. The van der Waals surface area contributed by atoms with Crippen LogP contribution in [0.4, 0.5) is 5.69 Å². The molecule has 100 valence electrons. The van der Waals surface area contributed by atoms with Crippen LogP contribution < -0.4 is 4.90 Å². The van der Waals surface area contributed by atoms with Gasteiger partial charge in [0.05, 0.1) is 0 Å². The molecule has 0 aliphatic rings. The van der Waals surface area contributed by atoms with Crippen molar-refractivity contribution < 1.29 is 0 Å². The summed E-state index contributed by atoms with van der Waals surface area (Å²) in [6, 6.07) is 5.02. The van der Waals surface area contributed by atoms with Crippen LogP contribution in [0.1, 0.15) is 51.3 Å². The first-order valence-electron chi connectivity index (χ1n) is 6.76. The number of hydrogen-bond acceptors (Lipinski definition) is 1. The van der Waals surface area contributed by atoms with E-state index in [4.69, 9.17) is 0 Å². The van der Waals surface area contributed by atoms with E-state index in [1.54, 1.807) is 0 Å². The Morgan fingerprint density at radius 2 is 1.39 bits per heavy atom. The lowest BCUT2D eigenvalue weighted by Gasteiger charge is -2.34. The average Bonchev–Trinajstić information content (AvgIpc) is 2.21. The second-order valence-corrected chi connectivity index (χ2v) is 5.80. The van der Waals surface area contributed by atoms with E-state index in [-0.39, 0.29) is 0 Å². The third-order valence-corrected chi connectivity index (χ3v) is 3.48. The summed E-state index contributed by atoms with van der Waals surface area (Å²) in [5, 5.41) is 0. The highest BCUT2D eigenvalue weighted by Gasteiger charge is 2.17. The van der Waals surface area contributed by atoms with Gasteiger partial charge in [-0.2, -0.15) is 0 Å². The van der Waals surface area contributed by atoms with Crippen molar-refractivity contribution in [2.45, 2.75) is 61.4 Å². The van der Waals surface area contributed by atoms with Crippen molar-refractivity contribution >= 4 is 5.69 Å². The van der Waals surface area contributed by atoms with Crippen LogP contribution in [0.2, 0.25) is 0 Å². The van der Waals surface area contributed by atoms with Gasteiger partial charge in [-0.3, -0.25) is 0 Å². The van der Waals surface area contributed by atoms with Crippen LogP contribution in [0, 0.1) is 20.8 Å². The molecule has 1 heteroatoms. The normalized spacial score (nSPS) is 10.7. The van der Waals surface area contributed by atoms with E-state index in [0.717, 1.165) is 0 Å². The molecule has 1 nitrogen and oxygen atoms in total. The first-order valence-corrected chi connectivity index (χ1v) is 6.76. The molecule has 0 aliphatic carbocycles. The van der Waals surface area contributed by atoms with Gasteiger partial charge in [-0.25, -0.2) is 0 Å². The Morgan fingerprint density at radius 1 is 0.944 bits per heavy atom. The summed E-state index contributed by atoms with van der Waals surface area (Å²) in [7, 11) is 0. The van der Waals surface area contributed by atoms with E-state index in [1.807, 2.05) is 0 Å². The van der Waals surface area contributed by atoms with Crippen LogP contribution >= 0.6 is 0 Å². The molecule has 0 N–H and O–H groups in total. The van der Waals surface area contributed by atoms with Gasteiger partial charge in [-0.1, -0.05) is 23.3 Å². The molecule has 0 atom stereocenters. The van der Waals surface area contributed by atoms with Gasteiger partial charge in [-0.05, 0) is 66.5 Å². The number of rotatable bonds is 3. The topological polar surface area (TPSA) is 3.24 Å². The third kappa shape index (κ3) is 2.95. The Hall–Kier alpha value is -1.24. The minimum absolute atomic E-state index is 0.472. The lowest BCUT2D eigenvalue weighted by molar-refractivity contribution is 0.742. The van der Waals surface area contributed by atoms with E-state index < -0.39 is 0 Å². The summed E-state index contributed by atoms with van der Waals surface area (Å²) in [6.45, 7) is 17.7. The molecule has 0 spiro atoms. The van der Waals surface area contributed by atoms with Gasteiger partial charge in [0.2, 0.25) is 0 Å². The number of anilines is 1. The zero-order valence-corrected chi connectivity index (χ0v) is 13.2. The van der Waals surface area contributed by atoms with E-state index in [1.165, 1.54) is 33.6 Å². The molecule has 0 unspecified atom stereocenters. The fourth-order valence-electron chi connectivity index (χ4n) is 2.61. The molecule has 1 rings (SSSR count). The van der Waals surface area contributed by atoms with Crippen LogP contribution in [-0.4, -0.2) is 6.04 Å². The van der Waals surface area contributed by atoms with Crippen molar-refractivity contribution in [3.05, 3.63) is 40.1 Å². The Labute approximate surface area is 113 Å². The van der Waals surface area contributed by atoms with Crippen molar-refractivity contribution in [3.63, 3.8) is 0 Å². The molecule has 0 saturated heterocycles. The monoisotopic (exact) mass is 245 g/mol. The maximum absolute atomic E-state index is 2.46. The fourth-order valence-corrected chi connectivity index (χ4v) is 2.61.